The second-order valence-electron chi connectivity index (χ2n) is 4.21. The molecule has 1 aromatic rings. The molecule has 0 amide bonds. The van der Waals surface area contributed by atoms with Crippen molar-refractivity contribution in [3.8, 4) is 0 Å². The smallest absolute Gasteiger partial charge is 0.365 e. The maximum atomic E-state index is 11.6. The summed E-state index contributed by atoms with van der Waals surface area (Å²) in [5, 5.41) is 0. The Hall–Kier alpha value is -1.40. The fourth-order valence-corrected chi connectivity index (χ4v) is 2.03. The Bertz CT molecular complexity index is 484. The monoisotopic (exact) mass is 272 g/mol. The van der Waals surface area contributed by atoms with Crippen molar-refractivity contribution in [3.63, 3.8) is 0 Å². The van der Waals surface area contributed by atoms with Crippen molar-refractivity contribution in [1.29, 1.82) is 0 Å². The van der Waals surface area contributed by atoms with Gasteiger partial charge in [-0.15, -0.1) is 0 Å². The van der Waals surface area contributed by atoms with E-state index in [0.717, 1.165) is 11.8 Å². The van der Waals surface area contributed by atoms with Crippen LogP contribution in [-0.4, -0.2) is 32.4 Å². The molecule has 0 bridgehead atoms. The van der Waals surface area contributed by atoms with Gasteiger partial charge in [0, 0.05) is 12.7 Å². The van der Waals surface area contributed by atoms with Gasteiger partial charge in [-0.3, -0.25) is 0 Å². The van der Waals surface area contributed by atoms with Gasteiger partial charge in [-0.2, -0.15) is 0 Å². The summed E-state index contributed by atoms with van der Waals surface area (Å²) in [5.74, 6) is -0.524. The predicted octanol–water partition coefficient (Wildman–Crippen LogP) is -0.225. The Morgan fingerprint density at radius 1 is 1.33 bits per heavy atom. The Balaban J connectivity index is 2.37. The molecule has 0 saturated carbocycles. The number of quaternary nitrogens is 1. The summed E-state index contributed by atoms with van der Waals surface area (Å²) in [5.41, 5.74) is 4.50. The number of benzene rings is 1. The summed E-state index contributed by atoms with van der Waals surface area (Å²) in [6, 6.07) is 8.64. The first-order chi connectivity index (χ1) is 8.38. The number of carbonyl (C=O) groups excluding carboxylic acids is 1. The molecule has 5 nitrogen and oxygen atoms in total. The highest BCUT2D eigenvalue weighted by Crippen LogP contribution is 2.02. The van der Waals surface area contributed by atoms with E-state index >= 15 is 0 Å². The number of sulfone groups is 1. The second-order valence-corrected chi connectivity index (χ2v) is 6.47. The summed E-state index contributed by atoms with van der Waals surface area (Å²) in [6.45, 7) is 0.185. The zero-order chi connectivity index (χ0) is 13.6. The third-order valence-electron chi connectivity index (χ3n) is 2.39. The average Bonchev–Trinajstić information content (AvgIpc) is 2.33. The van der Waals surface area contributed by atoms with Crippen LogP contribution in [0.5, 0.6) is 0 Å². The van der Waals surface area contributed by atoms with E-state index in [1.165, 1.54) is 0 Å². The van der Waals surface area contributed by atoms with Crippen LogP contribution in [0.3, 0.4) is 0 Å². The van der Waals surface area contributed by atoms with Crippen molar-refractivity contribution in [2.24, 2.45) is 0 Å². The fourth-order valence-electron chi connectivity index (χ4n) is 1.32. The number of hydrogen-bond acceptors (Lipinski definition) is 4. The summed E-state index contributed by atoms with van der Waals surface area (Å²) in [4.78, 5) is 11.6. The quantitative estimate of drug-likeness (QED) is 0.725. The molecule has 1 aromatic carbocycles. The highest BCUT2D eigenvalue weighted by Gasteiger charge is 2.20. The Morgan fingerprint density at radius 3 is 2.50 bits per heavy atom. The number of rotatable bonds is 6. The van der Waals surface area contributed by atoms with Gasteiger partial charge in [0.25, 0.3) is 0 Å². The minimum absolute atomic E-state index is 0.0540. The predicted molar refractivity (Wildman–Crippen MR) is 67.2 cm³/mol. The van der Waals surface area contributed by atoms with Crippen molar-refractivity contribution >= 4 is 15.8 Å². The molecule has 0 aliphatic rings. The molecule has 100 valence electrons. The molecule has 0 fully saturated rings. The lowest BCUT2D eigenvalue weighted by Gasteiger charge is -2.08. The number of esters is 1. The van der Waals surface area contributed by atoms with Crippen molar-refractivity contribution in [2.45, 2.75) is 19.1 Å². The summed E-state index contributed by atoms with van der Waals surface area (Å²) in [7, 11) is -3.07. The molecule has 3 N–H and O–H groups in total. The Kier molecular flexibility index (Phi) is 5.30. The van der Waals surface area contributed by atoms with Crippen LogP contribution < -0.4 is 5.73 Å². The normalized spacial score (nSPS) is 13.0. The zero-order valence-corrected chi connectivity index (χ0v) is 11.2. The van der Waals surface area contributed by atoms with Gasteiger partial charge in [-0.25, -0.2) is 13.2 Å². The molecule has 1 atom stereocenters. The van der Waals surface area contributed by atoms with Crippen LogP contribution in [0.25, 0.3) is 0 Å². The van der Waals surface area contributed by atoms with E-state index < -0.39 is 21.8 Å². The lowest BCUT2D eigenvalue weighted by atomic mass is 10.2. The molecule has 0 saturated heterocycles. The molecule has 0 spiro atoms. The van der Waals surface area contributed by atoms with E-state index in [-0.39, 0.29) is 18.8 Å². The zero-order valence-electron chi connectivity index (χ0n) is 10.3. The molecular weight excluding hydrogens is 254 g/mol. The fraction of sp³-hybridized carbons (Fsp3) is 0.417. The number of ether oxygens (including phenoxy) is 1. The lowest BCUT2D eigenvalue weighted by molar-refractivity contribution is -0.408. The van der Waals surface area contributed by atoms with E-state index in [4.69, 9.17) is 4.74 Å². The maximum absolute atomic E-state index is 11.6. The van der Waals surface area contributed by atoms with Gasteiger partial charge in [0.15, 0.2) is 6.04 Å². The average molecular weight is 272 g/mol. The van der Waals surface area contributed by atoms with Gasteiger partial charge in [-0.1, -0.05) is 30.3 Å². The van der Waals surface area contributed by atoms with E-state index in [0.29, 0.717) is 0 Å². The van der Waals surface area contributed by atoms with Crippen LogP contribution in [0.2, 0.25) is 0 Å². The van der Waals surface area contributed by atoms with Gasteiger partial charge in [0.2, 0.25) is 0 Å². The van der Waals surface area contributed by atoms with Gasteiger partial charge in [-0.05, 0) is 5.56 Å². The SMILES string of the molecule is CS(=O)(=O)CCC([NH3+])C(=O)OCc1ccccc1. The summed E-state index contributed by atoms with van der Waals surface area (Å²) in [6.07, 6.45) is 1.32. The van der Waals surface area contributed by atoms with Crippen LogP contribution in [0.15, 0.2) is 30.3 Å². The molecule has 0 radical (unpaired) electrons. The largest absolute Gasteiger partial charge is 0.456 e. The van der Waals surface area contributed by atoms with Crippen molar-refractivity contribution in [3.05, 3.63) is 35.9 Å². The van der Waals surface area contributed by atoms with Gasteiger partial charge < -0.3 is 10.5 Å². The molecule has 18 heavy (non-hydrogen) atoms. The first-order valence-electron chi connectivity index (χ1n) is 5.60. The van der Waals surface area contributed by atoms with E-state index in [1.807, 2.05) is 30.3 Å². The summed E-state index contributed by atoms with van der Waals surface area (Å²) < 4.78 is 27.0. The third-order valence-corrected chi connectivity index (χ3v) is 3.37. The van der Waals surface area contributed by atoms with Gasteiger partial charge in [0.05, 0.1) is 5.75 Å². The second kappa shape index (κ2) is 6.51. The third kappa shape index (κ3) is 5.79. The first kappa shape index (κ1) is 14.7. The van der Waals surface area contributed by atoms with Crippen molar-refractivity contribution in [1.82, 2.24) is 0 Å². The van der Waals surface area contributed by atoms with E-state index in [9.17, 15) is 13.2 Å². The topological polar surface area (TPSA) is 88.1 Å². The minimum atomic E-state index is -3.07. The molecular formula is C12H18NO4S+. The molecule has 0 aliphatic heterocycles. The van der Waals surface area contributed by atoms with Crippen LogP contribution in [0.4, 0.5) is 0 Å². The molecule has 0 heterocycles. The molecule has 0 aliphatic carbocycles. The highest BCUT2D eigenvalue weighted by atomic mass is 32.2. The molecule has 1 unspecified atom stereocenters. The minimum Gasteiger partial charge on any atom is -0.456 e. The van der Waals surface area contributed by atoms with Crippen molar-refractivity contribution < 1.29 is 23.7 Å². The Morgan fingerprint density at radius 2 is 1.94 bits per heavy atom. The molecule has 1 rings (SSSR count). The number of carbonyl (C=O) groups is 1. The first-order valence-corrected chi connectivity index (χ1v) is 7.66. The van der Waals surface area contributed by atoms with Crippen LogP contribution in [-0.2, 0) is 26.0 Å². The van der Waals surface area contributed by atoms with Crippen molar-refractivity contribution in [2.75, 3.05) is 12.0 Å². The number of hydrogen-bond donors (Lipinski definition) is 1. The standard InChI is InChI=1S/C12H17NO4S/c1-18(15,16)8-7-11(13)12(14)17-9-10-5-3-2-4-6-10/h2-6,11H,7-9,13H2,1H3/p+1. The van der Waals surface area contributed by atoms with Crippen LogP contribution in [0, 0.1) is 0 Å². The van der Waals surface area contributed by atoms with E-state index in [2.05, 4.69) is 5.73 Å². The van der Waals surface area contributed by atoms with Gasteiger partial charge >= 0.3 is 5.97 Å². The van der Waals surface area contributed by atoms with Crippen LogP contribution in [0.1, 0.15) is 12.0 Å². The van der Waals surface area contributed by atoms with Crippen LogP contribution >= 0.6 is 0 Å². The molecule has 6 heteroatoms. The highest BCUT2D eigenvalue weighted by molar-refractivity contribution is 7.90. The maximum Gasteiger partial charge on any atom is 0.365 e. The Labute approximate surface area is 107 Å². The molecule has 0 aromatic heterocycles. The lowest BCUT2D eigenvalue weighted by Crippen LogP contribution is -2.65. The summed E-state index contributed by atoms with van der Waals surface area (Å²) >= 11 is 0. The van der Waals surface area contributed by atoms with Gasteiger partial charge in [0.1, 0.15) is 16.4 Å². The van der Waals surface area contributed by atoms with E-state index in [1.54, 1.807) is 0 Å².